The largest absolute Gasteiger partial charge is 0.370 e. The Morgan fingerprint density at radius 2 is 2.36 bits per heavy atom. The van der Waals surface area contributed by atoms with E-state index in [1.165, 1.54) is 0 Å². The Labute approximate surface area is 67.1 Å². The highest BCUT2D eigenvalue weighted by Gasteiger charge is 2.48. The second kappa shape index (κ2) is 2.81. The fraction of sp³-hybridized carbons (Fsp3) is 0.875. The van der Waals surface area contributed by atoms with Gasteiger partial charge in [-0.1, -0.05) is 13.3 Å². The zero-order valence-corrected chi connectivity index (χ0v) is 6.97. The second-order valence-electron chi connectivity index (χ2n) is 3.51. The van der Waals surface area contributed by atoms with Crippen molar-refractivity contribution in [2.24, 2.45) is 17.4 Å². The van der Waals surface area contributed by atoms with E-state index in [9.17, 15) is 4.79 Å². The van der Waals surface area contributed by atoms with Gasteiger partial charge in [-0.3, -0.25) is 4.79 Å². The van der Waals surface area contributed by atoms with Crippen LogP contribution >= 0.6 is 0 Å². The molecule has 0 spiro atoms. The van der Waals surface area contributed by atoms with E-state index in [-0.39, 0.29) is 11.4 Å². The highest BCUT2D eigenvalue weighted by atomic mass is 16.1. The summed E-state index contributed by atoms with van der Waals surface area (Å²) in [5.74, 6) is 0.387. The normalized spacial score (nSPS) is 35.3. The molecule has 0 aliphatic heterocycles. The lowest BCUT2D eigenvalue weighted by molar-refractivity contribution is -0.118. The molecule has 1 amide bonds. The molecule has 1 saturated carbocycles. The van der Waals surface area contributed by atoms with Gasteiger partial charge in [-0.15, -0.1) is 0 Å². The quantitative estimate of drug-likeness (QED) is 0.617. The highest BCUT2D eigenvalue weighted by molar-refractivity contribution is 5.73. The maximum Gasteiger partial charge on any atom is 0.217 e. The van der Waals surface area contributed by atoms with E-state index in [0.29, 0.717) is 12.3 Å². The lowest BCUT2D eigenvalue weighted by Crippen LogP contribution is -2.27. The second-order valence-corrected chi connectivity index (χ2v) is 3.51. The van der Waals surface area contributed by atoms with Crippen molar-refractivity contribution >= 4 is 5.91 Å². The van der Waals surface area contributed by atoms with Gasteiger partial charge >= 0.3 is 0 Å². The molecule has 0 aromatic carbocycles. The summed E-state index contributed by atoms with van der Waals surface area (Å²) >= 11 is 0. The predicted molar refractivity (Wildman–Crippen MR) is 43.7 cm³/mol. The van der Waals surface area contributed by atoms with Gasteiger partial charge in [0.15, 0.2) is 0 Å². The first-order valence-electron chi connectivity index (χ1n) is 4.15. The molecule has 1 rings (SSSR count). The van der Waals surface area contributed by atoms with Crippen LogP contribution in [0.3, 0.4) is 0 Å². The van der Waals surface area contributed by atoms with Gasteiger partial charge in [-0.05, 0) is 18.8 Å². The van der Waals surface area contributed by atoms with Gasteiger partial charge in [0.05, 0.1) is 0 Å². The first-order valence-corrected chi connectivity index (χ1v) is 4.15. The number of carbonyl (C=O) groups excluding carboxylic acids is 1. The minimum atomic E-state index is -0.239. The van der Waals surface area contributed by atoms with Crippen molar-refractivity contribution in [3.05, 3.63) is 0 Å². The van der Waals surface area contributed by atoms with Crippen molar-refractivity contribution < 1.29 is 4.79 Å². The van der Waals surface area contributed by atoms with Crippen LogP contribution in [0.5, 0.6) is 0 Å². The summed E-state index contributed by atoms with van der Waals surface area (Å²) in [6.07, 6.45) is 3.39. The topological polar surface area (TPSA) is 69.1 Å². The summed E-state index contributed by atoms with van der Waals surface area (Å²) in [6, 6.07) is 0. The molecule has 4 N–H and O–H groups in total. The first-order chi connectivity index (χ1) is 5.08. The van der Waals surface area contributed by atoms with Crippen molar-refractivity contribution in [3.8, 4) is 0 Å². The van der Waals surface area contributed by atoms with Crippen LogP contribution in [0.1, 0.15) is 32.6 Å². The molecule has 11 heavy (non-hydrogen) atoms. The predicted octanol–water partition coefficient (Wildman–Crippen LogP) is 0.379. The van der Waals surface area contributed by atoms with Crippen LogP contribution in [0.2, 0.25) is 0 Å². The summed E-state index contributed by atoms with van der Waals surface area (Å²) in [5.41, 5.74) is 10.9. The number of primary amides is 1. The summed E-state index contributed by atoms with van der Waals surface area (Å²) in [7, 11) is 0. The standard InChI is InChI=1S/C8H16N2O/c1-2-6-5-8(6,10)4-3-7(9)11/h6H,2-5,10H2,1H3,(H2,9,11). The van der Waals surface area contributed by atoms with Crippen molar-refractivity contribution in [1.29, 1.82) is 0 Å². The Morgan fingerprint density at radius 3 is 2.73 bits per heavy atom. The van der Waals surface area contributed by atoms with Crippen LogP contribution in [0.4, 0.5) is 0 Å². The SMILES string of the molecule is CCC1CC1(N)CCC(N)=O. The average molecular weight is 156 g/mol. The maximum absolute atomic E-state index is 10.4. The lowest BCUT2D eigenvalue weighted by Gasteiger charge is -2.07. The van der Waals surface area contributed by atoms with E-state index in [1.807, 2.05) is 0 Å². The van der Waals surface area contributed by atoms with E-state index in [1.54, 1.807) is 0 Å². The van der Waals surface area contributed by atoms with Crippen LogP contribution in [0.15, 0.2) is 0 Å². The number of hydrogen-bond acceptors (Lipinski definition) is 2. The number of carbonyl (C=O) groups is 1. The molecule has 0 aromatic heterocycles. The van der Waals surface area contributed by atoms with Crippen LogP contribution in [-0.4, -0.2) is 11.4 Å². The molecule has 3 heteroatoms. The fourth-order valence-corrected chi connectivity index (χ4v) is 1.61. The molecule has 2 atom stereocenters. The van der Waals surface area contributed by atoms with Gasteiger partial charge in [0, 0.05) is 12.0 Å². The molecule has 2 unspecified atom stereocenters. The number of nitrogens with two attached hydrogens (primary N) is 2. The number of hydrogen-bond donors (Lipinski definition) is 2. The van der Waals surface area contributed by atoms with E-state index >= 15 is 0 Å². The zero-order valence-electron chi connectivity index (χ0n) is 6.97. The zero-order chi connectivity index (χ0) is 8.48. The third kappa shape index (κ3) is 1.93. The summed E-state index contributed by atoms with van der Waals surface area (Å²) < 4.78 is 0. The molecule has 64 valence electrons. The molecule has 1 aliphatic carbocycles. The molecule has 1 fully saturated rings. The van der Waals surface area contributed by atoms with Crippen LogP contribution in [0.25, 0.3) is 0 Å². The molecule has 3 nitrogen and oxygen atoms in total. The Bertz CT molecular complexity index is 169. The molecule has 0 heterocycles. The lowest BCUT2D eigenvalue weighted by atomic mass is 10.1. The van der Waals surface area contributed by atoms with Crippen molar-refractivity contribution in [2.75, 3.05) is 0 Å². The molecule has 0 saturated heterocycles. The third-order valence-electron chi connectivity index (χ3n) is 2.61. The maximum atomic E-state index is 10.4. The minimum Gasteiger partial charge on any atom is -0.370 e. The molecular formula is C8H16N2O. The molecule has 0 aromatic rings. The Morgan fingerprint density at radius 1 is 1.73 bits per heavy atom. The molecular weight excluding hydrogens is 140 g/mol. The molecule has 1 aliphatic rings. The van der Waals surface area contributed by atoms with Crippen LogP contribution in [-0.2, 0) is 4.79 Å². The monoisotopic (exact) mass is 156 g/mol. The first kappa shape index (κ1) is 8.53. The van der Waals surface area contributed by atoms with Crippen LogP contribution in [0, 0.1) is 5.92 Å². The molecule has 0 radical (unpaired) electrons. The van der Waals surface area contributed by atoms with Gasteiger partial charge in [-0.2, -0.15) is 0 Å². The smallest absolute Gasteiger partial charge is 0.217 e. The minimum absolute atomic E-state index is 0.0518. The van der Waals surface area contributed by atoms with Gasteiger partial charge in [-0.25, -0.2) is 0 Å². The summed E-state index contributed by atoms with van der Waals surface area (Å²) in [4.78, 5) is 10.4. The van der Waals surface area contributed by atoms with Gasteiger partial charge in [0.2, 0.25) is 5.91 Å². The van der Waals surface area contributed by atoms with E-state index < -0.39 is 0 Å². The Kier molecular flexibility index (Phi) is 2.18. The van der Waals surface area contributed by atoms with Crippen molar-refractivity contribution in [1.82, 2.24) is 0 Å². The van der Waals surface area contributed by atoms with Crippen LogP contribution < -0.4 is 11.5 Å². The van der Waals surface area contributed by atoms with E-state index in [0.717, 1.165) is 19.3 Å². The van der Waals surface area contributed by atoms with Gasteiger partial charge < -0.3 is 11.5 Å². The third-order valence-corrected chi connectivity index (χ3v) is 2.61. The highest BCUT2D eigenvalue weighted by Crippen LogP contribution is 2.46. The van der Waals surface area contributed by atoms with Crippen molar-refractivity contribution in [3.63, 3.8) is 0 Å². The fourth-order valence-electron chi connectivity index (χ4n) is 1.61. The van der Waals surface area contributed by atoms with Gasteiger partial charge in [0.1, 0.15) is 0 Å². The molecule has 0 bridgehead atoms. The van der Waals surface area contributed by atoms with E-state index in [2.05, 4.69) is 6.92 Å². The number of rotatable bonds is 4. The summed E-state index contributed by atoms with van der Waals surface area (Å²) in [6.45, 7) is 2.13. The average Bonchev–Trinajstić information content (AvgIpc) is 2.59. The van der Waals surface area contributed by atoms with Gasteiger partial charge in [0.25, 0.3) is 0 Å². The van der Waals surface area contributed by atoms with E-state index in [4.69, 9.17) is 11.5 Å². The van der Waals surface area contributed by atoms with Crippen molar-refractivity contribution in [2.45, 2.75) is 38.1 Å². The summed E-state index contributed by atoms with van der Waals surface area (Å²) in [5, 5.41) is 0. The number of amides is 1. The Hall–Kier alpha value is -0.570. The Balaban J connectivity index is 2.23.